The van der Waals surface area contributed by atoms with Crippen LogP contribution in [-0.4, -0.2) is 23.2 Å². The number of hydrogen-bond donors (Lipinski definition) is 1. The molecule has 0 amide bonds. The lowest BCUT2D eigenvalue weighted by Crippen LogP contribution is -2.49. The molecule has 0 saturated carbocycles. The Hall–Kier alpha value is -2.84. The van der Waals surface area contributed by atoms with Gasteiger partial charge in [-0.1, -0.05) is 91.0 Å². The summed E-state index contributed by atoms with van der Waals surface area (Å²) in [5.41, 5.74) is 4.55. The number of hydrogen-bond acceptors (Lipinski definition) is 2. The van der Waals surface area contributed by atoms with Crippen molar-refractivity contribution in [3.63, 3.8) is 0 Å². The van der Waals surface area contributed by atoms with E-state index in [1.807, 2.05) is 6.08 Å². The minimum absolute atomic E-state index is 0.0697. The highest BCUT2D eigenvalue weighted by Crippen LogP contribution is 2.46. The van der Waals surface area contributed by atoms with Crippen molar-refractivity contribution in [2.75, 3.05) is 13.2 Å². The van der Waals surface area contributed by atoms with Crippen LogP contribution in [0.25, 0.3) is 0 Å². The van der Waals surface area contributed by atoms with Gasteiger partial charge < -0.3 is 10.0 Å². The molecule has 1 aliphatic heterocycles. The number of benzene rings is 3. The van der Waals surface area contributed by atoms with Gasteiger partial charge in [-0.05, 0) is 42.0 Å². The maximum absolute atomic E-state index is 9.71. The summed E-state index contributed by atoms with van der Waals surface area (Å²) in [6.07, 6.45) is 5.30. The SMILES string of the molecule is OC/C=C1\CCCCN1C(c1ccccc1)(c1ccccc1)c1ccccc1. The Morgan fingerprint density at radius 1 is 0.714 bits per heavy atom. The van der Waals surface area contributed by atoms with E-state index >= 15 is 0 Å². The van der Waals surface area contributed by atoms with E-state index in [9.17, 15) is 5.11 Å². The fourth-order valence-corrected chi connectivity index (χ4v) is 4.56. The maximum atomic E-state index is 9.71. The minimum Gasteiger partial charge on any atom is -0.392 e. The van der Waals surface area contributed by atoms with Crippen molar-refractivity contribution in [3.05, 3.63) is 119 Å². The zero-order chi connectivity index (χ0) is 19.2. The molecule has 1 heterocycles. The highest BCUT2D eigenvalue weighted by atomic mass is 16.2. The van der Waals surface area contributed by atoms with Crippen molar-refractivity contribution < 1.29 is 5.11 Å². The van der Waals surface area contributed by atoms with Gasteiger partial charge in [-0.3, -0.25) is 0 Å². The molecule has 2 heteroatoms. The second-order valence-corrected chi connectivity index (χ2v) is 7.30. The third-order valence-corrected chi connectivity index (χ3v) is 5.72. The fraction of sp³-hybridized carbons (Fsp3) is 0.231. The van der Waals surface area contributed by atoms with E-state index in [1.165, 1.54) is 22.4 Å². The largest absolute Gasteiger partial charge is 0.392 e. The van der Waals surface area contributed by atoms with Crippen LogP contribution in [0, 0.1) is 0 Å². The van der Waals surface area contributed by atoms with Crippen LogP contribution < -0.4 is 0 Å². The predicted octanol–water partition coefficient (Wildman–Crippen LogP) is 5.34. The molecule has 0 aliphatic carbocycles. The smallest absolute Gasteiger partial charge is 0.116 e. The number of aliphatic hydroxyl groups is 1. The number of piperidine rings is 1. The van der Waals surface area contributed by atoms with Gasteiger partial charge in [-0.2, -0.15) is 0 Å². The first-order valence-corrected chi connectivity index (χ1v) is 10.1. The number of rotatable bonds is 5. The van der Waals surface area contributed by atoms with Gasteiger partial charge in [0.15, 0.2) is 0 Å². The number of allylic oxidation sites excluding steroid dienone is 1. The number of nitrogens with zero attached hydrogens (tertiary/aromatic N) is 1. The molecule has 3 aromatic carbocycles. The summed E-state index contributed by atoms with van der Waals surface area (Å²) in [7, 11) is 0. The molecule has 142 valence electrons. The van der Waals surface area contributed by atoms with Crippen LogP contribution in [0.15, 0.2) is 103 Å². The van der Waals surface area contributed by atoms with Crippen LogP contribution in [-0.2, 0) is 5.54 Å². The first kappa shape index (κ1) is 18.5. The van der Waals surface area contributed by atoms with Gasteiger partial charge >= 0.3 is 0 Å². The molecular weight excluding hydrogens is 342 g/mol. The second kappa shape index (κ2) is 8.45. The zero-order valence-electron chi connectivity index (χ0n) is 16.2. The Kier molecular flexibility index (Phi) is 5.59. The summed E-state index contributed by atoms with van der Waals surface area (Å²) in [5, 5.41) is 9.71. The average Bonchev–Trinajstić information content (AvgIpc) is 2.78. The monoisotopic (exact) mass is 369 g/mol. The Morgan fingerprint density at radius 2 is 1.18 bits per heavy atom. The quantitative estimate of drug-likeness (QED) is 0.614. The molecule has 1 fully saturated rings. The molecule has 0 atom stereocenters. The minimum atomic E-state index is -0.425. The molecule has 0 bridgehead atoms. The highest BCUT2D eigenvalue weighted by Gasteiger charge is 2.43. The van der Waals surface area contributed by atoms with E-state index in [1.54, 1.807) is 0 Å². The highest BCUT2D eigenvalue weighted by molar-refractivity contribution is 5.51. The number of aliphatic hydroxyl groups excluding tert-OH is 1. The van der Waals surface area contributed by atoms with Crippen molar-refractivity contribution in [1.29, 1.82) is 0 Å². The van der Waals surface area contributed by atoms with E-state index < -0.39 is 5.54 Å². The van der Waals surface area contributed by atoms with Crippen molar-refractivity contribution in [2.24, 2.45) is 0 Å². The normalized spacial score (nSPS) is 16.3. The summed E-state index contributed by atoms with van der Waals surface area (Å²) in [4.78, 5) is 2.52. The molecule has 1 aliphatic rings. The van der Waals surface area contributed by atoms with Gasteiger partial charge in [-0.15, -0.1) is 0 Å². The fourth-order valence-electron chi connectivity index (χ4n) is 4.56. The Bertz CT molecular complexity index is 806. The van der Waals surface area contributed by atoms with Crippen molar-refractivity contribution >= 4 is 0 Å². The summed E-state index contributed by atoms with van der Waals surface area (Å²) >= 11 is 0. The van der Waals surface area contributed by atoms with Crippen LogP contribution in [0.2, 0.25) is 0 Å². The van der Waals surface area contributed by atoms with Gasteiger partial charge in [0.05, 0.1) is 6.61 Å². The molecule has 28 heavy (non-hydrogen) atoms. The van der Waals surface area contributed by atoms with E-state index in [0.29, 0.717) is 0 Å². The van der Waals surface area contributed by atoms with Crippen LogP contribution in [0.4, 0.5) is 0 Å². The van der Waals surface area contributed by atoms with Gasteiger partial charge in [-0.25, -0.2) is 0 Å². The lowest BCUT2D eigenvalue weighted by atomic mass is 9.74. The van der Waals surface area contributed by atoms with E-state index in [-0.39, 0.29) is 6.61 Å². The summed E-state index contributed by atoms with van der Waals surface area (Å²) in [6.45, 7) is 1.03. The summed E-state index contributed by atoms with van der Waals surface area (Å²) < 4.78 is 0. The molecule has 0 spiro atoms. The third kappa shape index (κ3) is 3.25. The molecule has 2 nitrogen and oxygen atoms in total. The lowest BCUT2D eigenvalue weighted by molar-refractivity contribution is 0.174. The molecule has 0 radical (unpaired) electrons. The molecule has 0 aromatic heterocycles. The molecule has 4 rings (SSSR count). The van der Waals surface area contributed by atoms with Gasteiger partial charge in [0.25, 0.3) is 0 Å². The van der Waals surface area contributed by atoms with Crippen LogP contribution in [0.1, 0.15) is 36.0 Å². The first-order chi connectivity index (χ1) is 13.9. The van der Waals surface area contributed by atoms with Crippen molar-refractivity contribution in [3.8, 4) is 0 Å². The Balaban J connectivity index is 2.05. The van der Waals surface area contributed by atoms with Crippen LogP contribution >= 0.6 is 0 Å². The summed E-state index contributed by atoms with van der Waals surface area (Å²) in [5.74, 6) is 0. The van der Waals surface area contributed by atoms with E-state index in [4.69, 9.17) is 0 Å². The zero-order valence-corrected chi connectivity index (χ0v) is 16.2. The standard InChI is InChI=1S/C26H27NO/c28-21-19-25-18-10-11-20-27(25)26(22-12-4-1-5-13-22,23-14-6-2-7-15-23)24-16-8-3-9-17-24/h1-9,12-17,19,28H,10-11,18,20-21H2/b25-19+. The maximum Gasteiger partial charge on any atom is 0.116 e. The molecule has 1 saturated heterocycles. The van der Waals surface area contributed by atoms with Crippen molar-refractivity contribution in [1.82, 2.24) is 4.90 Å². The first-order valence-electron chi connectivity index (χ1n) is 10.1. The summed E-state index contributed by atoms with van der Waals surface area (Å²) in [6, 6.07) is 32.3. The number of likely N-dealkylation sites (tertiary alicyclic amines) is 1. The van der Waals surface area contributed by atoms with Gasteiger partial charge in [0.2, 0.25) is 0 Å². The van der Waals surface area contributed by atoms with Gasteiger partial charge in [0, 0.05) is 12.2 Å². The molecular formula is C26H27NO. The second-order valence-electron chi connectivity index (χ2n) is 7.30. The molecule has 1 N–H and O–H groups in total. The Labute approximate surface area is 167 Å². The van der Waals surface area contributed by atoms with Crippen molar-refractivity contribution in [2.45, 2.75) is 24.8 Å². The molecule has 0 unspecified atom stereocenters. The predicted molar refractivity (Wildman–Crippen MR) is 115 cm³/mol. The van der Waals surface area contributed by atoms with Gasteiger partial charge in [0.1, 0.15) is 5.54 Å². The van der Waals surface area contributed by atoms with E-state index in [0.717, 1.165) is 25.8 Å². The van der Waals surface area contributed by atoms with Crippen LogP contribution in [0.3, 0.4) is 0 Å². The Morgan fingerprint density at radius 3 is 1.61 bits per heavy atom. The average molecular weight is 370 g/mol. The lowest BCUT2D eigenvalue weighted by Gasteiger charge is -2.50. The van der Waals surface area contributed by atoms with E-state index in [2.05, 4.69) is 95.9 Å². The molecule has 3 aromatic rings. The van der Waals surface area contributed by atoms with Crippen LogP contribution in [0.5, 0.6) is 0 Å². The third-order valence-electron chi connectivity index (χ3n) is 5.72. The topological polar surface area (TPSA) is 23.5 Å².